The number of nitrogens with zero attached hydrogens (tertiary/aromatic N) is 3. The lowest BCUT2D eigenvalue weighted by atomic mass is 10.1. The lowest BCUT2D eigenvalue weighted by molar-refractivity contribution is 0.714. The van der Waals surface area contributed by atoms with Crippen molar-refractivity contribution in [2.75, 3.05) is 0 Å². The Morgan fingerprint density at radius 1 is 1.50 bits per heavy atom. The third-order valence-corrected chi connectivity index (χ3v) is 2.27. The van der Waals surface area contributed by atoms with Gasteiger partial charge in [0.25, 0.3) is 0 Å². The third kappa shape index (κ3) is 1.20. The summed E-state index contributed by atoms with van der Waals surface area (Å²) in [6.07, 6.45) is 0. The Morgan fingerprint density at radius 2 is 2.08 bits per heavy atom. The molecule has 64 valence electrons. The molecule has 0 saturated carbocycles. The van der Waals surface area contributed by atoms with Crippen LogP contribution in [0.2, 0.25) is 0 Å². The van der Waals surface area contributed by atoms with Crippen molar-refractivity contribution in [2.24, 2.45) is 7.05 Å². The van der Waals surface area contributed by atoms with E-state index in [0.717, 1.165) is 17.0 Å². The Balaban J connectivity index is 3.20. The van der Waals surface area contributed by atoms with E-state index in [4.69, 9.17) is 5.26 Å². The van der Waals surface area contributed by atoms with Gasteiger partial charge in [-0.25, -0.2) is 0 Å². The lowest BCUT2D eigenvalue weighted by Crippen LogP contribution is -1.95. The molecular weight excluding hydrogens is 150 g/mol. The quantitative estimate of drug-likeness (QED) is 0.631. The number of hydrogen-bond acceptors (Lipinski definition) is 2. The summed E-state index contributed by atoms with van der Waals surface area (Å²) in [5, 5.41) is 13.0. The maximum atomic E-state index is 8.71. The molecule has 0 bridgehead atoms. The predicted molar refractivity (Wildman–Crippen MR) is 46.7 cm³/mol. The van der Waals surface area contributed by atoms with Crippen LogP contribution in [0.25, 0.3) is 0 Å². The topological polar surface area (TPSA) is 41.6 Å². The van der Waals surface area contributed by atoms with Gasteiger partial charge in [-0.1, -0.05) is 0 Å². The molecule has 0 amide bonds. The van der Waals surface area contributed by atoms with Crippen LogP contribution in [0.1, 0.15) is 29.8 Å². The van der Waals surface area contributed by atoms with Crippen LogP contribution in [0, 0.1) is 25.2 Å². The normalized spacial score (nSPS) is 12.6. The maximum Gasteiger partial charge on any atom is 0.0878 e. The molecule has 0 radical (unpaired) electrons. The van der Waals surface area contributed by atoms with Crippen molar-refractivity contribution >= 4 is 0 Å². The zero-order valence-corrected chi connectivity index (χ0v) is 7.92. The van der Waals surface area contributed by atoms with E-state index >= 15 is 0 Å². The molecule has 0 aromatic carbocycles. The minimum atomic E-state index is -0.107. The molecule has 1 heterocycles. The van der Waals surface area contributed by atoms with Gasteiger partial charge in [-0.15, -0.1) is 0 Å². The molecule has 1 aromatic rings. The summed E-state index contributed by atoms with van der Waals surface area (Å²) in [6, 6.07) is 2.19. The van der Waals surface area contributed by atoms with Gasteiger partial charge >= 0.3 is 0 Å². The van der Waals surface area contributed by atoms with Crippen LogP contribution in [0.4, 0.5) is 0 Å². The number of aryl methyl sites for hydroxylation is 1. The molecule has 0 saturated heterocycles. The van der Waals surface area contributed by atoms with Gasteiger partial charge in [0.15, 0.2) is 0 Å². The average molecular weight is 163 g/mol. The Bertz CT molecular complexity index is 330. The zero-order valence-electron chi connectivity index (χ0n) is 7.92. The van der Waals surface area contributed by atoms with Gasteiger partial charge in [0.2, 0.25) is 0 Å². The first-order valence-corrected chi connectivity index (χ1v) is 3.97. The van der Waals surface area contributed by atoms with Crippen LogP contribution >= 0.6 is 0 Å². The van der Waals surface area contributed by atoms with E-state index in [1.165, 1.54) is 0 Å². The fourth-order valence-electron chi connectivity index (χ4n) is 1.21. The minimum absolute atomic E-state index is 0.107. The van der Waals surface area contributed by atoms with E-state index in [1.54, 1.807) is 0 Å². The summed E-state index contributed by atoms with van der Waals surface area (Å²) < 4.78 is 1.82. The van der Waals surface area contributed by atoms with Gasteiger partial charge in [0.1, 0.15) is 0 Å². The van der Waals surface area contributed by atoms with E-state index in [1.807, 2.05) is 32.5 Å². The van der Waals surface area contributed by atoms with Crippen molar-refractivity contribution in [3.8, 4) is 6.07 Å². The molecule has 1 aromatic heterocycles. The van der Waals surface area contributed by atoms with Gasteiger partial charge in [0, 0.05) is 12.7 Å². The first kappa shape index (κ1) is 8.79. The van der Waals surface area contributed by atoms with Crippen molar-refractivity contribution < 1.29 is 0 Å². The Morgan fingerprint density at radius 3 is 2.42 bits per heavy atom. The van der Waals surface area contributed by atoms with Crippen LogP contribution in [-0.4, -0.2) is 9.78 Å². The lowest BCUT2D eigenvalue weighted by Gasteiger charge is -1.97. The van der Waals surface area contributed by atoms with Crippen LogP contribution in [0.3, 0.4) is 0 Å². The van der Waals surface area contributed by atoms with Crippen molar-refractivity contribution in [3.05, 3.63) is 17.0 Å². The fourth-order valence-corrected chi connectivity index (χ4v) is 1.21. The predicted octanol–water partition coefficient (Wildman–Crippen LogP) is 1.66. The number of rotatable bonds is 1. The molecule has 12 heavy (non-hydrogen) atoms. The summed E-state index contributed by atoms with van der Waals surface area (Å²) in [5.74, 6) is -0.107. The van der Waals surface area contributed by atoms with E-state index < -0.39 is 0 Å². The zero-order chi connectivity index (χ0) is 9.30. The van der Waals surface area contributed by atoms with Gasteiger partial charge < -0.3 is 0 Å². The average Bonchev–Trinajstić information content (AvgIpc) is 2.32. The largest absolute Gasteiger partial charge is 0.272 e. The molecule has 0 N–H and O–H groups in total. The summed E-state index contributed by atoms with van der Waals surface area (Å²) >= 11 is 0. The highest BCUT2D eigenvalue weighted by atomic mass is 15.3. The highest BCUT2D eigenvalue weighted by Crippen LogP contribution is 2.19. The molecule has 3 heteroatoms. The monoisotopic (exact) mass is 163 g/mol. The van der Waals surface area contributed by atoms with Gasteiger partial charge in [0.05, 0.1) is 17.7 Å². The highest BCUT2D eigenvalue weighted by Gasteiger charge is 2.13. The summed E-state index contributed by atoms with van der Waals surface area (Å²) in [7, 11) is 1.90. The van der Waals surface area contributed by atoms with Crippen LogP contribution in [0.5, 0.6) is 0 Å². The molecule has 0 aliphatic rings. The summed E-state index contributed by atoms with van der Waals surface area (Å²) in [6.45, 7) is 5.89. The highest BCUT2D eigenvalue weighted by molar-refractivity contribution is 5.29. The molecule has 3 nitrogen and oxygen atoms in total. The molecule has 0 aliphatic heterocycles. The Kier molecular flexibility index (Phi) is 2.18. The second-order valence-corrected chi connectivity index (χ2v) is 3.07. The first-order chi connectivity index (χ1) is 5.57. The Labute approximate surface area is 72.6 Å². The summed E-state index contributed by atoms with van der Waals surface area (Å²) in [5.41, 5.74) is 3.16. The Hall–Kier alpha value is -1.30. The smallest absolute Gasteiger partial charge is 0.0878 e. The van der Waals surface area contributed by atoms with Crippen molar-refractivity contribution in [3.63, 3.8) is 0 Å². The van der Waals surface area contributed by atoms with Crippen LogP contribution in [-0.2, 0) is 7.05 Å². The number of nitriles is 1. The molecule has 0 spiro atoms. The standard InChI is InChI=1S/C9H13N3/c1-6(5-10)9-7(2)8(3)12(4)11-9/h6H,1-4H3. The van der Waals surface area contributed by atoms with Crippen LogP contribution in [0.15, 0.2) is 0 Å². The SMILES string of the molecule is Cc1c(C(C)C#N)nn(C)c1C. The third-order valence-electron chi connectivity index (χ3n) is 2.27. The van der Waals surface area contributed by atoms with Crippen LogP contribution < -0.4 is 0 Å². The van der Waals surface area contributed by atoms with Gasteiger partial charge in [-0.2, -0.15) is 10.4 Å². The van der Waals surface area contributed by atoms with Gasteiger partial charge in [-0.05, 0) is 26.3 Å². The minimum Gasteiger partial charge on any atom is -0.272 e. The molecular formula is C9H13N3. The summed E-state index contributed by atoms with van der Waals surface area (Å²) in [4.78, 5) is 0. The van der Waals surface area contributed by atoms with Crippen molar-refractivity contribution in [2.45, 2.75) is 26.7 Å². The maximum absolute atomic E-state index is 8.71. The fraction of sp³-hybridized carbons (Fsp3) is 0.556. The molecule has 1 rings (SSSR count). The number of aromatic nitrogens is 2. The number of hydrogen-bond donors (Lipinski definition) is 0. The van der Waals surface area contributed by atoms with E-state index in [0.29, 0.717) is 0 Å². The molecule has 0 aliphatic carbocycles. The molecule has 1 unspecified atom stereocenters. The molecule has 1 atom stereocenters. The second kappa shape index (κ2) is 2.98. The molecule has 0 fully saturated rings. The van der Waals surface area contributed by atoms with Crippen molar-refractivity contribution in [1.82, 2.24) is 9.78 Å². The van der Waals surface area contributed by atoms with Crippen molar-refractivity contribution in [1.29, 1.82) is 5.26 Å². The van der Waals surface area contributed by atoms with E-state index in [9.17, 15) is 0 Å². The first-order valence-electron chi connectivity index (χ1n) is 3.97. The van der Waals surface area contributed by atoms with E-state index in [2.05, 4.69) is 11.2 Å². The second-order valence-electron chi connectivity index (χ2n) is 3.07. The van der Waals surface area contributed by atoms with Gasteiger partial charge in [-0.3, -0.25) is 4.68 Å². The van der Waals surface area contributed by atoms with E-state index in [-0.39, 0.29) is 5.92 Å².